The van der Waals surface area contributed by atoms with Crippen molar-refractivity contribution in [2.45, 2.75) is 0 Å². The van der Waals surface area contributed by atoms with E-state index in [0.29, 0.717) is 0 Å². The second-order valence-corrected chi connectivity index (χ2v) is 15.7. The second kappa shape index (κ2) is 12.4. The minimum atomic E-state index is -0.00494. The number of hydrogen-bond acceptors (Lipinski definition) is 2. The van der Waals surface area contributed by atoms with Crippen LogP contribution in [0.1, 0.15) is 0 Å². The SMILES string of the molecule is c1ccc(N(c2ccccc2)c2cc3c4c(c2)-n2c5ccccc5c5c2c(cc2c6ccccc6n(-c6ccccc6)c25)B4c2ccccc2N3c2ccccc2)cc1. The zero-order valence-electron chi connectivity index (χ0n) is 32.1. The van der Waals surface area contributed by atoms with E-state index >= 15 is 0 Å². The van der Waals surface area contributed by atoms with Crippen molar-refractivity contribution in [1.29, 1.82) is 0 Å². The van der Waals surface area contributed by atoms with Crippen molar-refractivity contribution in [3.8, 4) is 11.4 Å². The summed E-state index contributed by atoms with van der Waals surface area (Å²) in [6, 6.07) is 77.8. The Hall–Kier alpha value is -7.76. The summed E-state index contributed by atoms with van der Waals surface area (Å²) in [5.74, 6) is 0. The normalized spacial score (nSPS) is 12.7. The summed E-state index contributed by atoms with van der Waals surface area (Å²) in [5.41, 5.74) is 18.1. The van der Waals surface area contributed by atoms with Gasteiger partial charge in [0.2, 0.25) is 0 Å². The fourth-order valence-corrected chi connectivity index (χ4v) is 10.4. The van der Waals surface area contributed by atoms with Gasteiger partial charge in [0, 0.05) is 61.4 Å². The van der Waals surface area contributed by atoms with Gasteiger partial charge in [0.05, 0.1) is 27.8 Å². The predicted molar refractivity (Wildman–Crippen MR) is 249 cm³/mol. The van der Waals surface area contributed by atoms with Crippen LogP contribution < -0.4 is 26.2 Å². The molecule has 11 aromatic rings. The van der Waals surface area contributed by atoms with E-state index in [-0.39, 0.29) is 6.71 Å². The van der Waals surface area contributed by atoms with Gasteiger partial charge in [-0.05, 0) is 95.3 Å². The van der Waals surface area contributed by atoms with Crippen LogP contribution in [0.5, 0.6) is 0 Å². The largest absolute Gasteiger partial charge is 0.311 e. The van der Waals surface area contributed by atoms with E-state index in [9.17, 15) is 0 Å². The van der Waals surface area contributed by atoms with Crippen molar-refractivity contribution >= 4 is 101 Å². The molecule has 0 saturated heterocycles. The van der Waals surface area contributed by atoms with Gasteiger partial charge in [-0.25, -0.2) is 0 Å². The molecule has 59 heavy (non-hydrogen) atoms. The Morgan fingerprint density at radius 1 is 0.356 bits per heavy atom. The van der Waals surface area contributed by atoms with Gasteiger partial charge < -0.3 is 18.9 Å². The number of rotatable bonds is 5. The molecule has 2 aromatic heterocycles. The summed E-state index contributed by atoms with van der Waals surface area (Å²) in [5, 5.41) is 5.08. The van der Waals surface area contributed by atoms with Crippen LogP contribution in [-0.4, -0.2) is 15.8 Å². The molecule has 2 aliphatic rings. The molecule has 0 N–H and O–H groups in total. The molecule has 0 spiro atoms. The molecule has 0 saturated carbocycles. The number of para-hydroxylation sites is 7. The predicted octanol–water partition coefficient (Wildman–Crippen LogP) is 12.0. The van der Waals surface area contributed by atoms with Crippen LogP contribution in [0.15, 0.2) is 212 Å². The van der Waals surface area contributed by atoms with E-state index in [4.69, 9.17) is 0 Å². The molecule has 9 aromatic carbocycles. The first kappa shape index (κ1) is 32.3. The number of nitrogens with zero attached hydrogens (tertiary/aromatic N) is 4. The van der Waals surface area contributed by atoms with E-state index < -0.39 is 0 Å². The average Bonchev–Trinajstić information content (AvgIpc) is 3.83. The van der Waals surface area contributed by atoms with Gasteiger partial charge in [0.15, 0.2) is 0 Å². The summed E-state index contributed by atoms with van der Waals surface area (Å²) in [4.78, 5) is 4.90. The summed E-state index contributed by atoms with van der Waals surface area (Å²) in [7, 11) is 0. The molecule has 0 unspecified atom stereocenters. The van der Waals surface area contributed by atoms with Crippen LogP contribution in [0.3, 0.4) is 0 Å². The minimum Gasteiger partial charge on any atom is -0.311 e. The van der Waals surface area contributed by atoms with Gasteiger partial charge in [-0.15, -0.1) is 0 Å². The van der Waals surface area contributed by atoms with Crippen LogP contribution >= 0.6 is 0 Å². The maximum absolute atomic E-state index is 2.59. The highest BCUT2D eigenvalue weighted by Crippen LogP contribution is 2.47. The lowest BCUT2D eigenvalue weighted by molar-refractivity contribution is 1.16. The summed E-state index contributed by atoms with van der Waals surface area (Å²) >= 11 is 0. The molecule has 0 radical (unpaired) electrons. The molecule has 274 valence electrons. The molecule has 0 aliphatic carbocycles. The molecular weight excluding hydrogens is 715 g/mol. The lowest BCUT2D eigenvalue weighted by Gasteiger charge is -2.41. The standard InChI is InChI=1S/C54H35BN4/c1-5-19-36(20-6-1)56(37-21-7-2-8-22-37)40-33-49-52-50(34-40)59-47-31-17-14-28-42(47)51-53-43(41-27-13-16-30-46(41)58(53)39-25-11-4-12-26-39)35-45(54(51)59)55(52)44-29-15-18-32-48(44)57(49)38-23-9-3-10-24-38/h1-35H. The third-order valence-corrected chi connectivity index (χ3v) is 12.6. The van der Waals surface area contributed by atoms with Crippen LogP contribution in [0.4, 0.5) is 34.1 Å². The molecular formula is C54H35BN4. The Balaban J connectivity index is 1.24. The van der Waals surface area contributed by atoms with E-state index in [2.05, 4.69) is 231 Å². The van der Waals surface area contributed by atoms with Gasteiger partial charge in [0.25, 0.3) is 6.71 Å². The number of hydrogen-bond donors (Lipinski definition) is 0. The van der Waals surface area contributed by atoms with Gasteiger partial charge in [-0.1, -0.05) is 133 Å². The quantitative estimate of drug-likeness (QED) is 0.163. The Morgan fingerprint density at radius 3 is 1.59 bits per heavy atom. The summed E-state index contributed by atoms with van der Waals surface area (Å²) in [6.45, 7) is -0.00494. The van der Waals surface area contributed by atoms with Gasteiger partial charge in [0.1, 0.15) is 0 Å². The molecule has 0 bridgehead atoms. The van der Waals surface area contributed by atoms with Crippen molar-refractivity contribution in [2.24, 2.45) is 0 Å². The fourth-order valence-electron chi connectivity index (χ4n) is 10.4. The average molecular weight is 751 g/mol. The Morgan fingerprint density at radius 2 is 0.898 bits per heavy atom. The topological polar surface area (TPSA) is 16.3 Å². The number of aromatic nitrogens is 2. The molecule has 0 amide bonds. The Kier molecular flexibility index (Phi) is 6.78. The van der Waals surface area contributed by atoms with E-state index in [1.54, 1.807) is 0 Å². The van der Waals surface area contributed by atoms with Crippen molar-refractivity contribution < 1.29 is 0 Å². The number of benzene rings is 9. The van der Waals surface area contributed by atoms with E-state index in [0.717, 1.165) is 28.4 Å². The minimum absolute atomic E-state index is 0.00494. The third kappa shape index (κ3) is 4.50. The first-order chi connectivity index (χ1) is 29.3. The molecule has 0 fully saturated rings. The molecule has 4 nitrogen and oxygen atoms in total. The lowest BCUT2D eigenvalue weighted by atomic mass is 9.33. The van der Waals surface area contributed by atoms with Crippen molar-refractivity contribution in [1.82, 2.24) is 9.13 Å². The first-order valence-corrected chi connectivity index (χ1v) is 20.4. The van der Waals surface area contributed by atoms with Crippen molar-refractivity contribution in [3.63, 3.8) is 0 Å². The highest BCUT2D eigenvalue weighted by molar-refractivity contribution is 7.00. The van der Waals surface area contributed by atoms with Crippen molar-refractivity contribution in [3.05, 3.63) is 212 Å². The highest BCUT2D eigenvalue weighted by Gasteiger charge is 2.43. The molecule has 4 heterocycles. The lowest BCUT2D eigenvalue weighted by Crippen LogP contribution is -2.60. The smallest absolute Gasteiger partial charge is 0.252 e. The molecule has 13 rings (SSSR count). The van der Waals surface area contributed by atoms with Gasteiger partial charge >= 0.3 is 0 Å². The molecule has 0 atom stereocenters. The summed E-state index contributed by atoms with van der Waals surface area (Å²) in [6.07, 6.45) is 0. The third-order valence-electron chi connectivity index (χ3n) is 12.6. The van der Waals surface area contributed by atoms with E-state index in [1.807, 2.05) is 0 Å². The number of fused-ring (bicyclic) bond motifs is 11. The Bertz CT molecular complexity index is 3410. The zero-order valence-corrected chi connectivity index (χ0v) is 32.1. The van der Waals surface area contributed by atoms with Crippen LogP contribution in [-0.2, 0) is 0 Å². The van der Waals surface area contributed by atoms with Gasteiger partial charge in [-0.2, -0.15) is 0 Å². The zero-order chi connectivity index (χ0) is 38.6. The van der Waals surface area contributed by atoms with Crippen LogP contribution in [0.25, 0.3) is 55.0 Å². The van der Waals surface area contributed by atoms with Crippen LogP contribution in [0.2, 0.25) is 0 Å². The summed E-state index contributed by atoms with van der Waals surface area (Å²) < 4.78 is 5.09. The number of anilines is 6. The molecule has 2 aliphatic heterocycles. The van der Waals surface area contributed by atoms with Crippen molar-refractivity contribution in [2.75, 3.05) is 9.80 Å². The maximum Gasteiger partial charge on any atom is 0.252 e. The maximum atomic E-state index is 2.59. The monoisotopic (exact) mass is 750 g/mol. The molecule has 5 heteroatoms. The van der Waals surface area contributed by atoms with Crippen LogP contribution in [0, 0.1) is 0 Å². The Labute approximate surface area is 342 Å². The fraction of sp³-hybridized carbons (Fsp3) is 0. The highest BCUT2D eigenvalue weighted by atomic mass is 15.2. The second-order valence-electron chi connectivity index (χ2n) is 15.7. The van der Waals surface area contributed by atoms with E-state index in [1.165, 1.54) is 77.1 Å². The van der Waals surface area contributed by atoms with Gasteiger partial charge in [-0.3, -0.25) is 0 Å². The first-order valence-electron chi connectivity index (χ1n) is 20.4.